The molecule has 0 spiro atoms. The average molecular weight is 512 g/mol. The number of carbonyl (C=O) groups excluding carboxylic acids is 2. The summed E-state index contributed by atoms with van der Waals surface area (Å²) >= 11 is 0. The van der Waals surface area contributed by atoms with E-state index in [1.165, 1.54) is 44.9 Å². The number of fused-ring (bicyclic) bond motifs is 6. The molecule has 5 aliphatic carbocycles. The van der Waals surface area contributed by atoms with Crippen molar-refractivity contribution in [2.45, 2.75) is 132 Å². The SMILES string of the molecule is CC(C)CCC[C@@H](C)[C@H]1CC[C@H]2[C@@H]3C[C@H](N)[C@H]4C[C@]5(C(C)(C)C)C(=O)CC(=O)C5C[C@]4(C)[C@H]3CC[C@]12C. The molecule has 3 heteroatoms. The average Bonchev–Trinajstić information content (AvgIpc) is 3.26. The summed E-state index contributed by atoms with van der Waals surface area (Å²) in [7, 11) is 0. The maximum Gasteiger partial charge on any atom is 0.147 e. The van der Waals surface area contributed by atoms with Gasteiger partial charge in [0.1, 0.15) is 11.6 Å². The van der Waals surface area contributed by atoms with Crippen molar-refractivity contribution in [2.24, 2.45) is 74.7 Å². The Kier molecular flexibility index (Phi) is 6.90. The van der Waals surface area contributed by atoms with Gasteiger partial charge in [-0.3, -0.25) is 9.59 Å². The summed E-state index contributed by atoms with van der Waals surface area (Å²) in [4.78, 5) is 26.9. The lowest BCUT2D eigenvalue weighted by Gasteiger charge is -2.66. The second-order valence-electron chi connectivity index (χ2n) is 16.7. The van der Waals surface area contributed by atoms with Gasteiger partial charge in [-0.25, -0.2) is 0 Å². The fourth-order valence-corrected chi connectivity index (χ4v) is 11.9. The Bertz CT molecular complexity index is 917. The predicted octanol–water partition coefficient (Wildman–Crippen LogP) is 7.85. The first-order chi connectivity index (χ1) is 17.2. The fourth-order valence-electron chi connectivity index (χ4n) is 11.9. The molecule has 0 bridgehead atoms. The van der Waals surface area contributed by atoms with Gasteiger partial charge in [-0.1, -0.05) is 74.7 Å². The summed E-state index contributed by atoms with van der Waals surface area (Å²) in [6.07, 6.45) is 12.5. The van der Waals surface area contributed by atoms with E-state index in [0.717, 1.165) is 42.9 Å². The van der Waals surface area contributed by atoms with Gasteiger partial charge in [-0.2, -0.15) is 0 Å². The van der Waals surface area contributed by atoms with E-state index in [1.807, 2.05) is 0 Å². The standard InChI is InChI=1S/C34H57NO2/c1-20(2)10-9-11-21(3)23-12-13-24-22-16-28(35)26-19-34(31(4,5)6)27(29(36)17-30(34)37)18-33(26,8)25(22)14-15-32(23,24)7/h20-28H,9-19,35H2,1-8H3/t21-,22+,23-,24+,25+,26-,27?,28+,32-,33-,34-/m1/s1. The first-order valence-corrected chi connectivity index (χ1v) is 16.0. The molecule has 5 saturated carbocycles. The summed E-state index contributed by atoms with van der Waals surface area (Å²) in [5, 5.41) is 0. The highest BCUT2D eigenvalue weighted by Crippen LogP contribution is 2.72. The van der Waals surface area contributed by atoms with Crippen LogP contribution in [-0.2, 0) is 9.59 Å². The molecule has 0 aliphatic heterocycles. The lowest BCUT2D eigenvalue weighted by Crippen LogP contribution is -2.64. The van der Waals surface area contributed by atoms with Crippen molar-refractivity contribution in [3.63, 3.8) is 0 Å². The first kappa shape index (κ1) is 27.9. The number of hydrogen-bond donors (Lipinski definition) is 1. The molecular formula is C34H57NO2. The van der Waals surface area contributed by atoms with Crippen molar-refractivity contribution in [3.8, 4) is 0 Å². The molecule has 5 aliphatic rings. The third kappa shape index (κ3) is 3.97. The largest absolute Gasteiger partial charge is 0.327 e. The van der Waals surface area contributed by atoms with Crippen LogP contribution in [-0.4, -0.2) is 17.6 Å². The Morgan fingerprint density at radius 2 is 1.59 bits per heavy atom. The Morgan fingerprint density at radius 1 is 0.919 bits per heavy atom. The molecule has 5 rings (SSSR count). The minimum Gasteiger partial charge on any atom is -0.327 e. The minimum atomic E-state index is -0.508. The molecule has 2 N–H and O–H groups in total. The summed E-state index contributed by atoms with van der Waals surface area (Å²) in [5.41, 5.74) is 6.99. The van der Waals surface area contributed by atoms with E-state index in [0.29, 0.717) is 23.2 Å². The summed E-state index contributed by atoms with van der Waals surface area (Å²) in [6, 6.07) is 0.153. The molecule has 0 saturated heterocycles. The number of Topliss-reactive ketones (excluding diaryl/α,β-unsaturated/α-hetero) is 2. The summed E-state index contributed by atoms with van der Waals surface area (Å²) in [6.45, 7) is 19.0. The molecule has 3 nitrogen and oxygen atoms in total. The molecule has 5 fully saturated rings. The van der Waals surface area contributed by atoms with Crippen molar-refractivity contribution in [3.05, 3.63) is 0 Å². The number of ketones is 2. The van der Waals surface area contributed by atoms with Crippen LogP contribution in [0.3, 0.4) is 0 Å². The molecule has 0 heterocycles. The highest BCUT2D eigenvalue weighted by molar-refractivity contribution is 6.11. The van der Waals surface area contributed by atoms with Crippen molar-refractivity contribution >= 4 is 11.6 Å². The van der Waals surface area contributed by atoms with E-state index in [2.05, 4.69) is 55.4 Å². The zero-order chi connectivity index (χ0) is 27.1. The van der Waals surface area contributed by atoms with E-state index >= 15 is 0 Å². The fraction of sp³-hybridized carbons (Fsp3) is 0.941. The smallest absolute Gasteiger partial charge is 0.147 e. The molecule has 1 unspecified atom stereocenters. The Morgan fingerprint density at radius 3 is 2.24 bits per heavy atom. The Labute approximate surface area is 227 Å². The zero-order valence-corrected chi connectivity index (χ0v) is 25.4. The number of carbonyl (C=O) groups is 2. The molecule has 0 amide bonds. The van der Waals surface area contributed by atoms with Gasteiger partial charge in [0.25, 0.3) is 0 Å². The van der Waals surface area contributed by atoms with Crippen molar-refractivity contribution in [1.82, 2.24) is 0 Å². The van der Waals surface area contributed by atoms with E-state index < -0.39 is 5.41 Å². The van der Waals surface area contributed by atoms with Gasteiger partial charge in [0.15, 0.2) is 0 Å². The van der Waals surface area contributed by atoms with E-state index in [-0.39, 0.29) is 40.8 Å². The van der Waals surface area contributed by atoms with E-state index in [1.54, 1.807) is 0 Å². The van der Waals surface area contributed by atoms with E-state index in [9.17, 15) is 9.59 Å². The highest BCUT2D eigenvalue weighted by atomic mass is 16.2. The Hall–Kier alpha value is -0.700. The second-order valence-corrected chi connectivity index (χ2v) is 16.7. The normalized spacial score (nSPS) is 48.4. The lowest BCUT2D eigenvalue weighted by molar-refractivity contribution is -0.178. The number of hydrogen-bond acceptors (Lipinski definition) is 3. The molecule has 210 valence electrons. The van der Waals surface area contributed by atoms with Crippen LogP contribution in [0, 0.1) is 69.0 Å². The third-order valence-corrected chi connectivity index (χ3v) is 13.7. The van der Waals surface area contributed by atoms with Crippen molar-refractivity contribution < 1.29 is 9.59 Å². The van der Waals surface area contributed by atoms with Crippen LogP contribution in [0.4, 0.5) is 0 Å². The van der Waals surface area contributed by atoms with Crippen LogP contribution < -0.4 is 5.73 Å². The quantitative estimate of drug-likeness (QED) is 0.382. The monoisotopic (exact) mass is 511 g/mol. The topological polar surface area (TPSA) is 60.2 Å². The maximum absolute atomic E-state index is 13.5. The number of nitrogens with two attached hydrogens (primary N) is 1. The lowest BCUT2D eigenvalue weighted by atomic mass is 9.38. The Balaban J connectivity index is 1.41. The van der Waals surface area contributed by atoms with Crippen LogP contribution >= 0.6 is 0 Å². The van der Waals surface area contributed by atoms with Crippen LogP contribution in [0.1, 0.15) is 126 Å². The third-order valence-electron chi connectivity index (χ3n) is 13.7. The zero-order valence-electron chi connectivity index (χ0n) is 25.4. The van der Waals surface area contributed by atoms with Crippen molar-refractivity contribution in [2.75, 3.05) is 0 Å². The predicted molar refractivity (Wildman–Crippen MR) is 152 cm³/mol. The van der Waals surface area contributed by atoms with Crippen LogP contribution in [0.5, 0.6) is 0 Å². The molecule has 0 aromatic heterocycles. The van der Waals surface area contributed by atoms with Gasteiger partial charge in [0.2, 0.25) is 0 Å². The van der Waals surface area contributed by atoms with Gasteiger partial charge in [0, 0.05) is 17.4 Å². The molecule has 0 aromatic rings. The van der Waals surface area contributed by atoms with Crippen LogP contribution in [0.15, 0.2) is 0 Å². The molecule has 0 aromatic carbocycles. The van der Waals surface area contributed by atoms with Crippen LogP contribution in [0.25, 0.3) is 0 Å². The van der Waals surface area contributed by atoms with Gasteiger partial charge in [-0.05, 0) is 103 Å². The van der Waals surface area contributed by atoms with Gasteiger partial charge >= 0.3 is 0 Å². The van der Waals surface area contributed by atoms with E-state index in [4.69, 9.17) is 5.73 Å². The first-order valence-electron chi connectivity index (χ1n) is 16.0. The van der Waals surface area contributed by atoms with Gasteiger partial charge in [-0.15, -0.1) is 0 Å². The minimum absolute atomic E-state index is 0.0876. The van der Waals surface area contributed by atoms with Crippen LogP contribution in [0.2, 0.25) is 0 Å². The molecule has 0 radical (unpaired) electrons. The molecule has 11 atom stereocenters. The number of rotatable bonds is 5. The van der Waals surface area contributed by atoms with Gasteiger partial charge in [0.05, 0.1) is 6.42 Å². The summed E-state index contributed by atoms with van der Waals surface area (Å²) in [5.74, 6) is 5.30. The maximum atomic E-state index is 13.5. The van der Waals surface area contributed by atoms with Gasteiger partial charge < -0.3 is 5.73 Å². The molecule has 37 heavy (non-hydrogen) atoms. The van der Waals surface area contributed by atoms with Crippen molar-refractivity contribution in [1.29, 1.82) is 0 Å². The molecular weight excluding hydrogens is 454 g/mol. The second kappa shape index (κ2) is 9.17. The highest BCUT2D eigenvalue weighted by Gasteiger charge is 2.70. The summed E-state index contributed by atoms with van der Waals surface area (Å²) < 4.78 is 0.